The van der Waals surface area contributed by atoms with E-state index in [1.165, 1.54) is 6.08 Å². The van der Waals surface area contributed by atoms with Crippen molar-refractivity contribution in [3.05, 3.63) is 12.2 Å². The number of rotatable bonds is 6. The maximum atomic E-state index is 11.6. The van der Waals surface area contributed by atoms with Gasteiger partial charge < -0.3 is 19.2 Å². The van der Waals surface area contributed by atoms with Crippen molar-refractivity contribution in [2.24, 2.45) is 0 Å². The number of quaternary nitrogens is 1. The third-order valence-corrected chi connectivity index (χ3v) is 3.05. The molecule has 0 aromatic heterocycles. The van der Waals surface area contributed by atoms with Crippen molar-refractivity contribution < 1.29 is 24.0 Å². The minimum Gasteiger partial charge on any atom is -0.628 e. The Morgan fingerprint density at radius 2 is 2.06 bits per heavy atom. The van der Waals surface area contributed by atoms with Crippen molar-refractivity contribution >= 4 is 19.2 Å². The van der Waals surface area contributed by atoms with Crippen LogP contribution in [0, 0.1) is 0 Å². The Morgan fingerprint density at radius 3 is 2.53 bits per heavy atom. The number of likely N-dealkylation sites (N-methyl/N-ethyl adjacent to an activating group) is 1. The molecule has 1 unspecified atom stereocenters. The van der Waals surface area contributed by atoms with Crippen LogP contribution in [0.1, 0.15) is 6.92 Å². The zero-order chi connectivity index (χ0) is 13.5. The summed E-state index contributed by atoms with van der Waals surface area (Å²) in [5.74, 6) is -0.456. The van der Waals surface area contributed by atoms with Crippen LogP contribution in [0.25, 0.3) is 0 Å². The first-order chi connectivity index (χ1) is 7.76. The number of hydrogen-bond donors (Lipinski definition) is 1. The molecule has 0 rings (SSSR count). The minimum absolute atomic E-state index is 0.0328. The van der Waals surface area contributed by atoms with E-state index < -0.39 is 13.7 Å². The number of hydrogen-bond acceptors (Lipinski definition) is 3. The van der Waals surface area contributed by atoms with E-state index in [4.69, 9.17) is 4.74 Å². The number of aliphatic hydroxyl groups excluding tert-OH is 1. The topological polar surface area (TPSA) is 69.6 Å². The van der Waals surface area contributed by atoms with Gasteiger partial charge in [0.1, 0.15) is 12.8 Å². The number of allylic oxidation sites excluding steroid dienone is 1. The van der Waals surface area contributed by atoms with E-state index in [2.05, 4.69) is 0 Å². The standard InChI is InChI=1S/C11H20NO4P/c1-5-6-10(13)16-7-8-17(15)11(14)9-12(2,3)4/h5-6H,7-9H2,1-4H3/p+1. The number of carbonyl (C=O) groups is 1. The average molecular weight is 262 g/mol. The summed E-state index contributed by atoms with van der Waals surface area (Å²) < 4.78 is 5.30. The molecule has 6 heteroatoms. The Hall–Kier alpha value is -0.740. The maximum Gasteiger partial charge on any atom is 0.330 e. The van der Waals surface area contributed by atoms with E-state index in [0.29, 0.717) is 11.0 Å². The van der Waals surface area contributed by atoms with Gasteiger partial charge in [0.05, 0.1) is 28.9 Å². The number of carbonyl (C=O) groups excluding carboxylic acids is 1. The van der Waals surface area contributed by atoms with Gasteiger partial charge in [-0.15, -0.1) is 0 Å². The van der Waals surface area contributed by atoms with Crippen LogP contribution in [-0.4, -0.2) is 61.5 Å². The Balaban J connectivity index is 4.12. The number of nitrogens with zero attached hydrogens (tertiary/aromatic N) is 1. The first-order valence-corrected chi connectivity index (χ1v) is 6.80. The molecule has 5 nitrogen and oxygen atoms in total. The van der Waals surface area contributed by atoms with Gasteiger partial charge in [0, 0.05) is 6.08 Å². The van der Waals surface area contributed by atoms with Crippen molar-refractivity contribution in [3.8, 4) is 0 Å². The minimum atomic E-state index is -1.84. The number of aliphatic hydroxyl groups is 1. The molecule has 0 fully saturated rings. The van der Waals surface area contributed by atoms with Crippen LogP contribution < -0.4 is 4.89 Å². The molecule has 1 N–H and O–H groups in total. The molecule has 17 heavy (non-hydrogen) atoms. The smallest absolute Gasteiger partial charge is 0.330 e. The Labute approximate surface area is 103 Å². The quantitative estimate of drug-likeness (QED) is 0.318. The van der Waals surface area contributed by atoms with Crippen molar-refractivity contribution in [1.29, 1.82) is 0 Å². The summed E-state index contributed by atoms with van der Waals surface area (Å²) in [7, 11) is 3.84. The van der Waals surface area contributed by atoms with Crippen molar-refractivity contribution in [1.82, 2.24) is 0 Å². The molecule has 0 saturated heterocycles. The van der Waals surface area contributed by atoms with Gasteiger partial charge in [-0.25, -0.2) is 4.79 Å². The second-order valence-electron chi connectivity index (χ2n) is 4.63. The van der Waals surface area contributed by atoms with E-state index >= 15 is 0 Å². The molecule has 0 radical (unpaired) electrons. The second kappa shape index (κ2) is 7.56. The van der Waals surface area contributed by atoms with E-state index in [0.717, 1.165) is 0 Å². The molecular weight excluding hydrogens is 241 g/mol. The lowest BCUT2D eigenvalue weighted by Crippen LogP contribution is -2.39. The molecule has 0 spiro atoms. The highest BCUT2D eigenvalue weighted by molar-refractivity contribution is 7.51. The molecule has 0 aliphatic heterocycles. The van der Waals surface area contributed by atoms with Gasteiger partial charge in [-0.2, -0.15) is 0 Å². The Morgan fingerprint density at radius 1 is 1.47 bits per heavy atom. The second-order valence-corrected chi connectivity index (χ2v) is 6.35. The van der Waals surface area contributed by atoms with Crippen LogP contribution in [0.4, 0.5) is 0 Å². The molecular formula is C11H21NO4P+. The third-order valence-electron chi connectivity index (χ3n) is 1.75. The summed E-state index contributed by atoms with van der Waals surface area (Å²) >= 11 is 0. The third kappa shape index (κ3) is 9.01. The van der Waals surface area contributed by atoms with Crippen LogP contribution in [0.5, 0.6) is 0 Å². The summed E-state index contributed by atoms with van der Waals surface area (Å²) in [6, 6.07) is 0. The van der Waals surface area contributed by atoms with Crippen molar-refractivity contribution in [2.45, 2.75) is 6.92 Å². The highest BCUT2D eigenvalue weighted by atomic mass is 31.1. The van der Waals surface area contributed by atoms with E-state index in [-0.39, 0.29) is 18.2 Å². The zero-order valence-electron chi connectivity index (χ0n) is 10.8. The van der Waals surface area contributed by atoms with Crippen LogP contribution in [-0.2, 0) is 9.53 Å². The predicted octanol–water partition coefficient (Wildman–Crippen LogP) is 0.0715. The number of esters is 1. The highest BCUT2D eigenvalue weighted by Crippen LogP contribution is 2.13. The maximum absolute atomic E-state index is 11.6. The first-order valence-electron chi connectivity index (χ1n) is 5.35. The van der Waals surface area contributed by atoms with Crippen LogP contribution in [0.3, 0.4) is 0 Å². The Bertz CT molecular complexity index is 318. The fourth-order valence-corrected chi connectivity index (χ4v) is 2.14. The molecule has 0 aromatic carbocycles. The van der Waals surface area contributed by atoms with Gasteiger partial charge >= 0.3 is 5.97 Å². The van der Waals surface area contributed by atoms with E-state index in [1.807, 2.05) is 21.1 Å². The first kappa shape index (κ1) is 16.3. The van der Waals surface area contributed by atoms with Gasteiger partial charge in [0.25, 0.3) is 5.48 Å². The lowest BCUT2D eigenvalue weighted by Gasteiger charge is -2.22. The summed E-state index contributed by atoms with van der Waals surface area (Å²) in [6.07, 6.45) is 3.02. The summed E-state index contributed by atoms with van der Waals surface area (Å²) in [5, 5.41) is 9.58. The van der Waals surface area contributed by atoms with Gasteiger partial charge in [-0.05, 0) is 6.92 Å². The van der Waals surface area contributed by atoms with Gasteiger partial charge in [-0.1, -0.05) is 6.08 Å². The lowest BCUT2D eigenvalue weighted by atomic mass is 10.5. The average Bonchev–Trinajstić information content (AvgIpc) is 2.15. The van der Waals surface area contributed by atoms with Gasteiger partial charge in [0.2, 0.25) is 0 Å². The monoisotopic (exact) mass is 262 g/mol. The normalized spacial score (nSPS) is 13.8. The highest BCUT2D eigenvalue weighted by Gasteiger charge is 2.17. The Kier molecular flexibility index (Phi) is 7.23. The summed E-state index contributed by atoms with van der Waals surface area (Å²) in [5.41, 5.74) is -0.0328. The van der Waals surface area contributed by atoms with Crippen LogP contribution in [0.15, 0.2) is 12.2 Å². The van der Waals surface area contributed by atoms with Crippen molar-refractivity contribution in [3.63, 3.8) is 0 Å². The van der Waals surface area contributed by atoms with Crippen LogP contribution >= 0.6 is 7.77 Å². The molecule has 0 saturated carbocycles. The molecule has 0 aromatic rings. The molecule has 1 atom stereocenters. The molecule has 0 amide bonds. The summed E-state index contributed by atoms with van der Waals surface area (Å²) in [6.45, 7) is 2.10. The molecule has 0 aliphatic carbocycles. The van der Waals surface area contributed by atoms with Gasteiger partial charge in [0.15, 0.2) is 6.54 Å². The predicted molar refractivity (Wildman–Crippen MR) is 67.4 cm³/mol. The molecule has 0 bridgehead atoms. The number of ether oxygens (including phenoxy) is 1. The molecule has 98 valence electrons. The van der Waals surface area contributed by atoms with Crippen molar-refractivity contribution in [2.75, 3.05) is 40.5 Å². The fourth-order valence-electron chi connectivity index (χ4n) is 1.05. The fraction of sp³-hybridized carbons (Fsp3) is 0.636. The van der Waals surface area contributed by atoms with E-state index in [1.54, 1.807) is 13.0 Å². The largest absolute Gasteiger partial charge is 0.628 e. The molecule has 0 aliphatic rings. The molecule has 0 heterocycles. The SMILES string of the molecule is CC=CC(=O)OCC/[P+]([O-])=C(\O)C[N+](C)(C)C. The van der Waals surface area contributed by atoms with Gasteiger partial charge in [-0.3, -0.25) is 0 Å². The lowest BCUT2D eigenvalue weighted by molar-refractivity contribution is -0.861. The summed E-state index contributed by atoms with van der Waals surface area (Å²) in [4.78, 5) is 22.5. The van der Waals surface area contributed by atoms with Crippen LogP contribution in [0.2, 0.25) is 0 Å². The van der Waals surface area contributed by atoms with E-state index in [9.17, 15) is 14.8 Å². The zero-order valence-corrected chi connectivity index (χ0v) is 11.7.